The number of alkyl halides is 2. The van der Waals surface area contributed by atoms with Gasteiger partial charge in [-0.3, -0.25) is 0 Å². The number of nitrogens with zero attached hydrogens (tertiary/aromatic N) is 2. The number of nitriles is 1. The van der Waals surface area contributed by atoms with Crippen molar-refractivity contribution in [3.8, 4) is 11.8 Å². The quantitative estimate of drug-likeness (QED) is 0.704. The molecule has 0 saturated heterocycles. The summed E-state index contributed by atoms with van der Waals surface area (Å²) < 4.78 is 27.7. The monoisotopic (exact) mass is 184 g/mol. The van der Waals surface area contributed by atoms with E-state index in [1.807, 2.05) is 0 Å². The molecule has 1 aromatic rings. The third-order valence-electron chi connectivity index (χ3n) is 1.39. The molecule has 1 heterocycles. The van der Waals surface area contributed by atoms with Crippen LogP contribution in [0.15, 0.2) is 12.3 Å². The van der Waals surface area contributed by atoms with Crippen LogP contribution < -0.4 is 4.74 Å². The Morgan fingerprint density at radius 2 is 2.31 bits per heavy atom. The van der Waals surface area contributed by atoms with Crippen molar-refractivity contribution in [1.29, 1.82) is 5.26 Å². The van der Waals surface area contributed by atoms with Crippen molar-refractivity contribution in [2.75, 3.05) is 0 Å². The van der Waals surface area contributed by atoms with Gasteiger partial charge in [0.2, 0.25) is 0 Å². The fraction of sp³-hybridized carbons (Fsp3) is 0.250. The topological polar surface area (TPSA) is 45.9 Å². The van der Waals surface area contributed by atoms with Crippen molar-refractivity contribution in [2.45, 2.75) is 13.5 Å². The van der Waals surface area contributed by atoms with Crippen molar-refractivity contribution in [3.05, 3.63) is 23.5 Å². The first-order chi connectivity index (χ1) is 6.13. The summed E-state index contributed by atoms with van der Waals surface area (Å²) in [5, 5.41) is 8.43. The molecule has 0 saturated carbocycles. The van der Waals surface area contributed by atoms with E-state index in [4.69, 9.17) is 5.26 Å². The van der Waals surface area contributed by atoms with Gasteiger partial charge in [0.15, 0.2) is 0 Å². The molecule has 0 aliphatic heterocycles. The van der Waals surface area contributed by atoms with E-state index in [2.05, 4.69) is 9.72 Å². The average Bonchev–Trinajstić information content (AvgIpc) is 2.08. The highest BCUT2D eigenvalue weighted by Crippen LogP contribution is 2.18. The van der Waals surface area contributed by atoms with Crippen LogP contribution in [0.2, 0.25) is 0 Å². The average molecular weight is 184 g/mol. The standard InChI is InChI=1S/C8H6F2N2O/c1-5-2-6(3-11)12-4-7(5)13-8(9)10/h2,4,8H,1H3. The summed E-state index contributed by atoms with van der Waals surface area (Å²) in [6, 6.07) is 3.18. The van der Waals surface area contributed by atoms with Gasteiger partial charge in [0.1, 0.15) is 17.5 Å². The first-order valence-corrected chi connectivity index (χ1v) is 3.45. The number of hydrogen-bond donors (Lipinski definition) is 0. The summed E-state index contributed by atoms with van der Waals surface area (Å²) in [6.07, 6.45) is 1.11. The van der Waals surface area contributed by atoms with Crippen molar-refractivity contribution in [2.24, 2.45) is 0 Å². The van der Waals surface area contributed by atoms with Gasteiger partial charge in [0.25, 0.3) is 0 Å². The summed E-state index contributed by atoms with van der Waals surface area (Å²) >= 11 is 0. The van der Waals surface area contributed by atoms with Gasteiger partial charge in [-0.25, -0.2) is 4.98 Å². The summed E-state index contributed by atoms with van der Waals surface area (Å²) in [7, 11) is 0. The predicted octanol–water partition coefficient (Wildman–Crippen LogP) is 1.86. The number of aryl methyl sites for hydroxylation is 1. The first kappa shape index (κ1) is 9.39. The highest BCUT2D eigenvalue weighted by molar-refractivity contribution is 5.35. The third kappa shape index (κ3) is 2.37. The zero-order valence-corrected chi connectivity index (χ0v) is 6.79. The van der Waals surface area contributed by atoms with Gasteiger partial charge < -0.3 is 4.74 Å². The van der Waals surface area contributed by atoms with E-state index >= 15 is 0 Å². The molecule has 13 heavy (non-hydrogen) atoms. The fourth-order valence-electron chi connectivity index (χ4n) is 0.824. The lowest BCUT2D eigenvalue weighted by molar-refractivity contribution is -0.0505. The van der Waals surface area contributed by atoms with E-state index in [9.17, 15) is 8.78 Å². The van der Waals surface area contributed by atoms with E-state index in [-0.39, 0.29) is 11.4 Å². The van der Waals surface area contributed by atoms with Crippen LogP contribution in [0.25, 0.3) is 0 Å². The number of pyridine rings is 1. The van der Waals surface area contributed by atoms with Crippen LogP contribution in [0, 0.1) is 18.3 Å². The van der Waals surface area contributed by atoms with Crippen LogP contribution in [-0.2, 0) is 0 Å². The zero-order chi connectivity index (χ0) is 9.84. The SMILES string of the molecule is Cc1cc(C#N)ncc1OC(F)F. The van der Waals surface area contributed by atoms with Gasteiger partial charge in [-0.05, 0) is 18.6 Å². The molecule has 0 fully saturated rings. The Hall–Kier alpha value is -1.70. The molecule has 0 spiro atoms. The number of aromatic nitrogens is 1. The minimum absolute atomic E-state index is 0.00556. The fourth-order valence-corrected chi connectivity index (χ4v) is 0.824. The lowest BCUT2D eigenvalue weighted by Crippen LogP contribution is -2.04. The highest BCUT2D eigenvalue weighted by Gasteiger charge is 2.07. The summed E-state index contributed by atoms with van der Waals surface area (Å²) in [6.45, 7) is -1.30. The smallest absolute Gasteiger partial charge is 0.387 e. The number of ether oxygens (including phenoxy) is 1. The maximum absolute atomic E-state index is 11.8. The summed E-state index contributed by atoms with van der Waals surface area (Å²) in [5.41, 5.74) is 0.644. The van der Waals surface area contributed by atoms with Crippen LogP contribution in [0.3, 0.4) is 0 Å². The van der Waals surface area contributed by atoms with E-state index in [0.717, 1.165) is 6.20 Å². The van der Waals surface area contributed by atoms with Gasteiger partial charge in [-0.2, -0.15) is 14.0 Å². The summed E-state index contributed by atoms with van der Waals surface area (Å²) in [5.74, 6) is -0.00556. The second kappa shape index (κ2) is 3.81. The molecule has 1 rings (SSSR count). The molecule has 0 bridgehead atoms. The van der Waals surface area contributed by atoms with Crippen LogP contribution in [-0.4, -0.2) is 11.6 Å². The molecule has 0 aliphatic carbocycles. The Kier molecular flexibility index (Phi) is 2.75. The van der Waals surface area contributed by atoms with Crippen molar-refractivity contribution >= 4 is 0 Å². The lowest BCUT2D eigenvalue weighted by Gasteiger charge is -2.06. The van der Waals surface area contributed by atoms with Crippen LogP contribution in [0.4, 0.5) is 8.78 Å². The summed E-state index contributed by atoms with van der Waals surface area (Å²) in [4.78, 5) is 3.59. The molecule has 0 radical (unpaired) electrons. The van der Waals surface area contributed by atoms with Crippen molar-refractivity contribution in [1.82, 2.24) is 4.98 Å². The molecule has 0 amide bonds. The first-order valence-electron chi connectivity index (χ1n) is 3.45. The third-order valence-corrected chi connectivity index (χ3v) is 1.39. The molecule has 1 aromatic heterocycles. The molecular weight excluding hydrogens is 178 g/mol. The molecule has 0 atom stereocenters. The molecule has 0 aromatic carbocycles. The van der Waals surface area contributed by atoms with Gasteiger partial charge in [-0.1, -0.05) is 0 Å². The molecule has 0 N–H and O–H groups in total. The maximum Gasteiger partial charge on any atom is 0.387 e. The number of halogens is 2. The molecule has 0 aliphatic rings. The van der Waals surface area contributed by atoms with Crippen LogP contribution >= 0.6 is 0 Å². The lowest BCUT2D eigenvalue weighted by atomic mass is 10.2. The van der Waals surface area contributed by atoms with Crippen molar-refractivity contribution < 1.29 is 13.5 Å². The Morgan fingerprint density at radius 1 is 1.62 bits per heavy atom. The largest absolute Gasteiger partial charge is 0.433 e. The van der Waals surface area contributed by atoms with Crippen LogP contribution in [0.1, 0.15) is 11.3 Å². The number of rotatable bonds is 2. The zero-order valence-electron chi connectivity index (χ0n) is 6.79. The second-order valence-electron chi connectivity index (χ2n) is 2.33. The van der Waals surface area contributed by atoms with Gasteiger partial charge in [0, 0.05) is 0 Å². The maximum atomic E-state index is 11.8. The van der Waals surface area contributed by atoms with Gasteiger partial charge in [0.05, 0.1) is 6.20 Å². The number of hydrogen-bond acceptors (Lipinski definition) is 3. The van der Waals surface area contributed by atoms with E-state index < -0.39 is 6.61 Å². The van der Waals surface area contributed by atoms with E-state index in [1.54, 1.807) is 13.0 Å². The Balaban J connectivity index is 2.93. The minimum Gasteiger partial charge on any atom is -0.433 e. The second-order valence-corrected chi connectivity index (χ2v) is 2.33. The molecule has 3 nitrogen and oxygen atoms in total. The van der Waals surface area contributed by atoms with Crippen molar-refractivity contribution in [3.63, 3.8) is 0 Å². The van der Waals surface area contributed by atoms with Crippen LogP contribution in [0.5, 0.6) is 5.75 Å². The normalized spacial score (nSPS) is 9.77. The molecule has 5 heteroatoms. The molecule has 68 valence electrons. The Labute approximate surface area is 73.6 Å². The molecule has 0 unspecified atom stereocenters. The minimum atomic E-state index is -2.87. The van der Waals surface area contributed by atoms with Gasteiger partial charge >= 0.3 is 6.61 Å². The Bertz CT molecular complexity index is 346. The van der Waals surface area contributed by atoms with E-state index in [0.29, 0.717) is 5.56 Å². The van der Waals surface area contributed by atoms with Gasteiger partial charge in [-0.15, -0.1) is 0 Å². The van der Waals surface area contributed by atoms with E-state index in [1.165, 1.54) is 6.07 Å². The highest BCUT2D eigenvalue weighted by atomic mass is 19.3. The Morgan fingerprint density at radius 3 is 2.77 bits per heavy atom. The molecular formula is C8H6F2N2O. The predicted molar refractivity (Wildman–Crippen MR) is 40.3 cm³/mol.